The van der Waals surface area contributed by atoms with Gasteiger partial charge in [-0.05, 0) is 61.2 Å². The number of β-amino-alcohol motifs (C(OH)–C–C–N with tert-alkyl or cyclic N) is 1. The Balaban J connectivity index is 1.18. The summed E-state index contributed by atoms with van der Waals surface area (Å²) < 4.78 is 24.4. The summed E-state index contributed by atoms with van der Waals surface area (Å²) in [6, 6.07) is 11.5. The normalized spacial score (nSPS) is 19.1. The van der Waals surface area contributed by atoms with E-state index < -0.39 is 6.10 Å². The summed E-state index contributed by atoms with van der Waals surface area (Å²) in [5, 5.41) is 14.1. The molecule has 10 nitrogen and oxygen atoms in total. The molecule has 0 unspecified atom stereocenters. The summed E-state index contributed by atoms with van der Waals surface area (Å²) in [6.45, 7) is 4.10. The molecular weight excluding hydrogens is 450 g/mol. The first-order valence-corrected chi connectivity index (χ1v) is 11.8. The molecule has 2 aromatic carbocycles. The summed E-state index contributed by atoms with van der Waals surface area (Å²) in [7, 11) is 0. The molecule has 2 atom stereocenters. The molecule has 1 fully saturated rings. The van der Waals surface area contributed by atoms with Gasteiger partial charge in [-0.3, -0.25) is 16.0 Å². The fourth-order valence-corrected chi connectivity index (χ4v) is 4.47. The van der Waals surface area contributed by atoms with Gasteiger partial charge in [0, 0.05) is 12.0 Å². The van der Waals surface area contributed by atoms with Crippen LogP contribution >= 0.6 is 0 Å². The van der Waals surface area contributed by atoms with Gasteiger partial charge in [0.05, 0.1) is 19.3 Å². The summed E-state index contributed by atoms with van der Waals surface area (Å²) in [5.74, 6) is 3.40. The van der Waals surface area contributed by atoms with Gasteiger partial charge in [-0.25, -0.2) is 0 Å². The maximum atomic E-state index is 9.99. The van der Waals surface area contributed by atoms with Crippen molar-refractivity contribution in [2.45, 2.75) is 38.3 Å². The van der Waals surface area contributed by atoms with Crippen LogP contribution in [0.5, 0.6) is 17.2 Å². The number of benzene rings is 2. The van der Waals surface area contributed by atoms with E-state index in [9.17, 15) is 5.11 Å². The Labute approximate surface area is 203 Å². The summed E-state index contributed by atoms with van der Waals surface area (Å²) in [4.78, 5) is 4.52. The van der Waals surface area contributed by atoms with Crippen LogP contribution in [0.4, 0.5) is 0 Å². The molecular formula is C25H30N5O5+. The maximum Gasteiger partial charge on any atom is 0.341 e. The Morgan fingerprint density at radius 3 is 2.77 bits per heavy atom. The lowest BCUT2D eigenvalue weighted by atomic mass is 10.1. The van der Waals surface area contributed by atoms with Crippen LogP contribution < -0.4 is 25.7 Å². The van der Waals surface area contributed by atoms with Gasteiger partial charge in [-0.2, -0.15) is 4.98 Å². The van der Waals surface area contributed by atoms with E-state index in [0.717, 1.165) is 41.2 Å². The van der Waals surface area contributed by atoms with Crippen LogP contribution in [-0.4, -0.2) is 58.3 Å². The monoisotopic (exact) mass is 480 g/mol. The number of ether oxygens (including phenoxy) is 3. The van der Waals surface area contributed by atoms with Gasteiger partial charge in [0.25, 0.3) is 5.89 Å². The predicted octanol–water partition coefficient (Wildman–Crippen LogP) is 1.92. The zero-order chi connectivity index (χ0) is 24.4. The minimum Gasteiger partial charge on any atom is -0.493 e. The van der Waals surface area contributed by atoms with Gasteiger partial charge >= 0.3 is 5.96 Å². The second-order valence-corrected chi connectivity index (χ2v) is 8.85. The first-order chi connectivity index (χ1) is 17.0. The molecule has 0 saturated carbocycles. The highest BCUT2D eigenvalue weighted by Crippen LogP contribution is 2.32. The molecule has 1 saturated heterocycles. The van der Waals surface area contributed by atoms with E-state index in [0.29, 0.717) is 44.5 Å². The van der Waals surface area contributed by atoms with Gasteiger partial charge in [0.2, 0.25) is 5.82 Å². The van der Waals surface area contributed by atoms with Crippen molar-refractivity contribution >= 4 is 5.96 Å². The fourth-order valence-electron chi connectivity index (χ4n) is 4.47. The second-order valence-electron chi connectivity index (χ2n) is 8.85. The minimum atomic E-state index is -0.550. The Kier molecular flexibility index (Phi) is 6.45. The van der Waals surface area contributed by atoms with Gasteiger partial charge in [-0.15, -0.1) is 0 Å². The lowest BCUT2D eigenvalue weighted by Gasteiger charge is -2.18. The second kappa shape index (κ2) is 9.83. The Bertz CT molecular complexity index is 1240. The first kappa shape index (κ1) is 23.0. The standard InChI is InChI=1S/C25H29N5O5/c1-15-11-17(23-28-24(35-29-23)19-13-18(31)14-30(19)25(26)27)5-7-20(15)32-8-2-3-16-4-6-21-22(12-16)34-10-9-33-21/h4-7,11-12,18-19,31H,2-3,8-10,13-14H2,1H3,(H3,26,27)/p+1/t18-,19+/m1/s1. The molecule has 1 aromatic heterocycles. The number of aryl methyl sites for hydroxylation is 2. The molecule has 2 aliphatic heterocycles. The Hall–Kier alpha value is -3.79. The molecule has 3 aromatic rings. The van der Waals surface area contributed by atoms with Gasteiger partial charge in [-0.1, -0.05) is 11.2 Å². The predicted molar refractivity (Wildman–Crippen MR) is 128 cm³/mol. The van der Waals surface area contributed by atoms with E-state index in [1.807, 2.05) is 37.3 Å². The Morgan fingerprint density at radius 1 is 1.14 bits per heavy atom. The van der Waals surface area contributed by atoms with Crippen LogP contribution in [0.3, 0.4) is 0 Å². The highest BCUT2D eigenvalue weighted by atomic mass is 16.6. The molecule has 0 aliphatic carbocycles. The van der Waals surface area contributed by atoms with Crippen LogP contribution in [0.2, 0.25) is 0 Å². The highest BCUT2D eigenvalue weighted by Gasteiger charge is 2.36. The van der Waals surface area contributed by atoms with Crippen molar-refractivity contribution in [2.24, 2.45) is 11.5 Å². The van der Waals surface area contributed by atoms with Crippen molar-refractivity contribution in [3.05, 3.63) is 53.4 Å². The van der Waals surface area contributed by atoms with Crippen molar-refractivity contribution < 1.29 is 28.4 Å². The molecule has 10 heteroatoms. The molecule has 5 N–H and O–H groups in total. The zero-order valence-corrected chi connectivity index (χ0v) is 19.6. The number of hydrogen-bond donors (Lipinski definition) is 3. The molecule has 0 amide bonds. The van der Waals surface area contributed by atoms with Crippen LogP contribution in [0.15, 0.2) is 40.9 Å². The molecule has 184 valence electrons. The summed E-state index contributed by atoms with van der Waals surface area (Å²) >= 11 is 0. The van der Waals surface area contributed by atoms with Crippen LogP contribution in [0, 0.1) is 6.92 Å². The maximum absolute atomic E-state index is 9.99. The van der Waals surface area contributed by atoms with Gasteiger partial charge in [0.1, 0.15) is 19.0 Å². The number of nitrogens with two attached hydrogens (primary N) is 2. The van der Waals surface area contributed by atoms with E-state index >= 15 is 0 Å². The van der Waals surface area contributed by atoms with E-state index in [-0.39, 0.29) is 12.0 Å². The number of hydrogen-bond acceptors (Lipinski definition) is 7. The number of aliphatic hydroxyl groups is 1. The lowest BCUT2D eigenvalue weighted by molar-refractivity contribution is -0.557. The average Bonchev–Trinajstić information content (AvgIpc) is 3.49. The van der Waals surface area contributed by atoms with Crippen molar-refractivity contribution in [3.8, 4) is 28.6 Å². The third kappa shape index (κ3) is 5.02. The summed E-state index contributed by atoms with van der Waals surface area (Å²) in [5.41, 5.74) is 14.5. The number of fused-ring (bicyclic) bond motifs is 1. The van der Waals surface area contributed by atoms with E-state index in [2.05, 4.69) is 16.2 Å². The zero-order valence-electron chi connectivity index (χ0n) is 19.6. The van der Waals surface area contributed by atoms with E-state index in [1.54, 1.807) is 4.58 Å². The molecule has 0 spiro atoms. The average molecular weight is 481 g/mol. The van der Waals surface area contributed by atoms with Crippen molar-refractivity contribution in [1.29, 1.82) is 0 Å². The fraction of sp³-hybridized carbons (Fsp3) is 0.400. The van der Waals surface area contributed by atoms with Gasteiger partial charge in [0.15, 0.2) is 17.5 Å². The molecule has 35 heavy (non-hydrogen) atoms. The lowest BCUT2D eigenvalue weighted by Crippen LogP contribution is -2.36. The molecule has 3 heterocycles. The van der Waals surface area contributed by atoms with E-state index in [1.165, 1.54) is 5.56 Å². The van der Waals surface area contributed by atoms with Crippen LogP contribution in [0.1, 0.15) is 35.9 Å². The van der Waals surface area contributed by atoms with Crippen molar-refractivity contribution in [1.82, 2.24) is 10.1 Å². The SMILES string of the molecule is Cc1cc(-c2noc([C@@H]3C[C@@H](O)C[N+]3=C(N)N)n2)ccc1OCCCc1ccc2c(c1)OCCO2. The van der Waals surface area contributed by atoms with Crippen molar-refractivity contribution in [2.75, 3.05) is 26.4 Å². The Morgan fingerprint density at radius 2 is 1.97 bits per heavy atom. The smallest absolute Gasteiger partial charge is 0.341 e. The van der Waals surface area contributed by atoms with Gasteiger partial charge < -0.3 is 23.8 Å². The number of aromatic nitrogens is 2. The van der Waals surface area contributed by atoms with Crippen molar-refractivity contribution in [3.63, 3.8) is 0 Å². The largest absolute Gasteiger partial charge is 0.493 e. The third-order valence-corrected chi connectivity index (χ3v) is 6.24. The number of nitrogens with zero attached hydrogens (tertiary/aromatic N) is 3. The van der Waals surface area contributed by atoms with Crippen LogP contribution in [0.25, 0.3) is 11.4 Å². The quantitative estimate of drug-likeness (QED) is 0.263. The number of rotatable bonds is 7. The van der Waals surface area contributed by atoms with Crippen LogP contribution in [-0.2, 0) is 6.42 Å². The minimum absolute atomic E-state index is 0.123. The molecule has 5 rings (SSSR count). The number of guanidine groups is 1. The molecule has 0 bridgehead atoms. The summed E-state index contributed by atoms with van der Waals surface area (Å²) in [6.07, 6.45) is 1.64. The topological polar surface area (TPSA) is 142 Å². The number of aliphatic hydroxyl groups excluding tert-OH is 1. The highest BCUT2D eigenvalue weighted by molar-refractivity contribution is 5.70. The third-order valence-electron chi connectivity index (χ3n) is 6.24. The molecule has 2 aliphatic rings. The van der Waals surface area contributed by atoms with E-state index in [4.69, 9.17) is 30.2 Å². The molecule has 0 radical (unpaired) electrons. The first-order valence-electron chi connectivity index (χ1n) is 11.8.